The van der Waals surface area contributed by atoms with Gasteiger partial charge >= 0.3 is 0 Å². The summed E-state index contributed by atoms with van der Waals surface area (Å²) in [6.45, 7) is 0. The summed E-state index contributed by atoms with van der Waals surface area (Å²) in [5.41, 5.74) is 13.8. The zero-order chi connectivity index (χ0) is 32.7. The minimum atomic E-state index is 0.361. The first-order valence-electron chi connectivity index (χ1n) is 16.4. The van der Waals surface area contributed by atoms with Crippen molar-refractivity contribution in [1.82, 2.24) is 4.98 Å². The van der Waals surface area contributed by atoms with Gasteiger partial charge in [-0.1, -0.05) is 133 Å². The average molecular weight is 627 g/mol. The quantitative estimate of drug-likeness (QED) is 0.147. The molecule has 4 nitrogen and oxygen atoms in total. The van der Waals surface area contributed by atoms with Crippen molar-refractivity contribution in [2.75, 3.05) is 5.43 Å². The van der Waals surface area contributed by atoms with Crippen LogP contribution in [0.5, 0.6) is 0 Å². The van der Waals surface area contributed by atoms with Gasteiger partial charge in [-0.15, -0.1) is 0 Å². The number of hydrogen-bond acceptors (Lipinski definition) is 4. The average Bonchev–Trinajstić information content (AvgIpc) is 3.17. The van der Waals surface area contributed by atoms with Gasteiger partial charge in [0.05, 0.1) is 11.4 Å². The summed E-state index contributed by atoms with van der Waals surface area (Å²) in [5.74, 6) is 0. The van der Waals surface area contributed by atoms with E-state index in [0.717, 1.165) is 49.9 Å². The highest BCUT2D eigenvalue weighted by Crippen LogP contribution is 2.46. The Morgan fingerprint density at radius 2 is 1.08 bits per heavy atom. The molecular formula is C45H30N4. The van der Waals surface area contributed by atoms with Crippen molar-refractivity contribution in [3.8, 4) is 22.3 Å². The predicted molar refractivity (Wildman–Crippen MR) is 205 cm³/mol. The molecule has 4 heteroatoms. The maximum absolute atomic E-state index is 9.30. The summed E-state index contributed by atoms with van der Waals surface area (Å²) < 4.78 is 0. The summed E-state index contributed by atoms with van der Waals surface area (Å²) in [4.78, 5) is 4.23. The number of hydrogen-bond donors (Lipinski definition) is 2. The lowest BCUT2D eigenvalue weighted by molar-refractivity contribution is 1.32. The van der Waals surface area contributed by atoms with Crippen LogP contribution in [0.4, 0.5) is 5.69 Å². The maximum atomic E-state index is 9.30. The molecule has 0 amide bonds. The van der Waals surface area contributed by atoms with Gasteiger partial charge in [0.15, 0.2) is 0 Å². The van der Waals surface area contributed by atoms with Crippen LogP contribution >= 0.6 is 0 Å². The summed E-state index contributed by atoms with van der Waals surface area (Å²) in [5, 5.41) is 21.2. The van der Waals surface area contributed by atoms with Gasteiger partial charge in [0.25, 0.3) is 0 Å². The Balaban J connectivity index is 1.19. The number of pyridine rings is 1. The van der Waals surface area contributed by atoms with Gasteiger partial charge in [-0.25, -0.2) is 0 Å². The van der Waals surface area contributed by atoms with Crippen LogP contribution in [0, 0.1) is 5.41 Å². The number of nitrogens with one attached hydrogen (secondary N) is 2. The van der Waals surface area contributed by atoms with E-state index in [0.29, 0.717) is 11.4 Å². The van der Waals surface area contributed by atoms with Crippen molar-refractivity contribution in [2.45, 2.75) is 0 Å². The van der Waals surface area contributed by atoms with Crippen LogP contribution in [0.3, 0.4) is 0 Å². The third kappa shape index (κ3) is 4.90. The first-order valence-corrected chi connectivity index (χ1v) is 16.4. The SMILES string of the molecule is N=C1C=C(c2c3ccccc3c(-c3cccc4ccccc34)c3ccccc23)c2ccccc2/C1=N/Nc1ccc(-c2cccnc2)cc1. The van der Waals surface area contributed by atoms with Crippen molar-refractivity contribution in [1.29, 1.82) is 5.41 Å². The van der Waals surface area contributed by atoms with Gasteiger partial charge in [-0.05, 0) is 95.5 Å². The highest BCUT2D eigenvalue weighted by atomic mass is 15.3. The molecule has 0 unspecified atom stereocenters. The number of rotatable bonds is 5. The number of aromatic nitrogens is 1. The van der Waals surface area contributed by atoms with Crippen molar-refractivity contribution >= 4 is 55.0 Å². The Morgan fingerprint density at radius 3 is 1.78 bits per heavy atom. The van der Waals surface area contributed by atoms with E-state index in [2.05, 4.69) is 132 Å². The second kappa shape index (κ2) is 11.9. The number of hydrazone groups is 1. The van der Waals surface area contributed by atoms with E-state index in [1.165, 1.54) is 32.7 Å². The van der Waals surface area contributed by atoms with Gasteiger partial charge in [-0.3, -0.25) is 15.8 Å². The topological polar surface area (TPSA) is 61.1 Å². The van der Waals surface area contributed by atoms with Crippen LogP contribution in [0.2, 0.25) is 0 Å². The molecule has 1 aliphatic rings. The smallest absolute Gasteiger partial charge is 0.116 e. The monoisotopic (exact) mass is 626 g/mol. The summed E-state index contributed by atoms with van der Waals surface area (Å²) >= 11 is 0. The highest BCUT2D eigenvalue weighted by molar-refractivity contribution is 6.54. The Labute approximate surface area is 284 Å². The summed E-state index contributed by atoms with van der Waals surface area (Å²) in [6, 6.07) is 53.0. The molecular weight excluding hydrogens is 597 g/mol. The van der Waals surface area contributed by atoms with E-state index in [1.807, 2.05) is 42.6 Å². The molecule has 0 aliphatic heterocycles. The maximum Gasteiger partial charge on any atom is 0.116 e. The first-order chi connectivity index (χ1) is 24.2. The van der Waals surface area contributed by atoms with E-state index >= 15 is 0 Å². The molecule has 7 aromatic carbocycles. The van der Waals surface area contributed by atoms with Crippen molar-refractivity contribution in [3.63, 3.8) is 0 Å². The van der Waals surface area contributed by atoms with Crippen LogP contribution < -0.4 is 5.43 Å². The Kier molecular flexibility index (Phi) is 6.91. The van der Waals surface area contributed by atoms with Gasteiger partial charge in [0.2, 0.25) is 0 Å². The van der Waals surface area contributed by atoms with E-state index < -0.39 is 0 Å². The number of benzene rings is 7. The molecule has 9 rings (SSSR count). The molecule has 2 N–H and O–H groups in total. The van der Waals surface area contributed by atoms with Gasteiger partial charge in [-0.2, -0.15) is 5.10 Å². The molecule has 0 saturated heterocycles. The largest absolute Gasteiger partial charge is 0.299 e. The molecule has 49 heavy (non-hydrogen) atoms. The predicted octanol–water partition coefficient (Wildman–Crippen LogP) is 11.2. The van der Waals surface area contributed by atoms with E-state index in [4.69, 9.17) is 5.10 Å². The standard InChI is InChI=1S/C45H30N4/c46-42-27-41(34-15-3-8-20-40(34)45(42)49-48-32-24-22-29(23-25-32)31-13-10-26-47-28-31)44-38-18-6-4-16-36(38)43(37-17-5-7-19-39(37)44)35-21-9-12-30-11-1-2-14-33(30)35/h1-28,46,48H/b46-42?,49-45-. The van der Waals surface area contributed by atoms with Crippen LogP contribution in [-0.2, 0) is 0 Å². The lowest BCUT2D eigenvalue weighted by atomic mass is 9.79. The second-order valence-corrected chi connectivity index (χ2v) is 12.3. The second-order valence-electron chi connectivity index (χ2n) is 12.3. The molecule has 0 bridgehead atoms. The molecule has 0 fully saturated rings. The molecule has 1 heterocycles. The number of nitrogens with zero attached hydrogens (tertiary/aromatic N) is 2. The van der Waals surface area contributed by atoms with E-state index in [-0.39, 0.29) is 0 Å². The van der Waals surface area contributed by atoms with Crippen LogP contribution in [0.1, 0.15) is 16.7 Å². The van der Waals surface area contributed by atoms with Gasteiger partial charge in [0, 0.05) is 18.0 Å². The lowest BCUT2D eigenvalue weighted by Crippen LogP contribution is -2.21. The van der Waals surface area contributed by atoms with Crippen molar-refractivity contribution in [2.24, 2.45) is 5.10 Å². The first kappa shape index (κ1) is 28.6. The number of fused-ring (bicyclic) bond motifs is 4. The minimum Gasteiger partial charge on any atom is -0.299 e. The van der Waals surface area contributed by atoms with E-state index in [9.17, 15) is 5.41 Å². The molecule has 0 saturated carbocycles. The zero-order valence-corrected chi connectivity index (χ0v) is 26.6. The van der Waals surface area contributed by atoms with Crippen molar-refractivity contribution < 1.29 is 0 Å². The summed E-state index contributed by atoms with van der Waals surface area (Å²) in [7, 11) is 0. The molecule has 8 aromatic rings. The van der Waals surface area contributed by atoms with E-state index in [1.54, 1.807) is 6.20 Å². The highest BCUT2D eigenvalue weighted by Gasteiger charge is 2.26. The third-order valence-corrected chi connectivity index (χ3v) is 9.45. The Morgan fingerprint density at radius 1 is 0.490 bits per heavy atom. The summed E-state index contributed by atoms with van der Waals surface area (Å²) in [6.07, 6.45) is 5.62. The normalized spacial score (nSPS) is 13.5. The number of anilines is 1. The minimum absolute atomic E-state index is 0.361. The molecule has 0 spiro atoms. The molecule has 0 atom stereocenters. The van der Waals surface area contributed by atoms with Crippen LogP contribution in [0.15, 0.2) is 175 Å². The van der Waals surface area contributed by atoms with Gasteiger partial charge in [0.1, 0.15) is 5.71 Å². The lowest BCUT2D eigenvalue weighted by Gasteiger charge is -2.24. The fraction of sp³-hybridized carbons (Fsp3) is 0. The number of allylic oxidation sites excluding steroid dienone is 1. The van der Waals surface area contributed by atoms with Crippen molar-refractivity contribution in [3.05, 3.63) is 187 Å². The van der Waals surface area contributed by atoms with Crippen LogP contribution in [0.25, 0.3) is 60.1 Å². The fourth-order valence-corrected chi connectivity index (χ4v) is 7.23. The molecule has 0 radical (unpaired) electrons. The molecule has 230 valence electrons. The molecule has 1 aromatic heterocycles. The third-order valence-electron chi connectivity index (χ3n) is 9.45. The Hall–Kier alpha value is -6.65. The molecule has 1 aliphatic carbocycles. The van der Waals surface area contributed by atoms with Gasteiger partial charge < -0.3 is 0 Å². The zero-order valence-electron chi connectivity index (χ0n) is 26.6. The van der Waals surface area contributed by atoms with Crippen LogP contribution in [-0.4, -0.2) is 16.4 Å². The fourth-order valence-electron chi connectivity index (χ4n) is 7.23. The Bertz CT molecular complexity index is 2570.